The van der Waals surface area contributed by atoms with Crippen LogP contribution in [0.5, 0.6) is 0 Å². The molecule has 1 heterocycles. The van der Waals surface area contributed by atoms with Crippen LogP contribution in [0.25, 0.3) is 10.8 Å². The van der Waals surface area contributed by atoms with Gasteiger partial charge in [0.1, 0.15) is 5.76 Å². The van der Waals surface area contributed by atoms with E-state index in [1.165, 1.54) is 18.2 Å². The van der Waals surface area contributed by atoms with Crippen LogP contribution in [0.1, 0.15) is 5.76 Å². The molecule has 5 nitrogen and oxygen atoms in total. The Morgan fingerprint density at radius 2 is 2.07 bits per heavy atom. The molecule has 0 bridgehead atoms. The van der Waals surface area contributed by atoms with Crippen molar-refractivity contribution in [2.45, 2.75) is 6.92 Å². The fourth-order valence-corrected chi connectivity index (χ4v) is 1.42. The molecule has 0 saturated heterocycles. The van der Waals surface area contributed by atoms with E-state index >= 15 is 0 Å². The van der Waals surface area contributed by atoms with Crippen LogP contribution in [-0.4, -0.2) is 4.92 Å². The Labute approximate surface area is 84.1 Å². The molecule has 0 aliphatic carbocycles. The highest BCUT2D eigenvalue weighted by Crippen LogP contribution is 2.18. The molecule has 0 N–H and O–H groups in total. The molecule has 2 rings (SSSR count). The van der Waals surface area contributed by atoms with E-state index in [1.807, 2.05) is 0 Å². The number of nitro groups is 1. The zero-order valence-corrected chi connectivity index (χ0v) is 7.89. The van der Waals surface area contributed by atoms with Crippen LogP contribution in [-0.2, 0) is 0 Å². The zero-order chi connectivity index (χ0) is 11.0. The van der Waals surface area contributed by atoms with Gasteiger partial charge in [-0.2, -0.15) is 0 Å². The van der Waals surface area contributed by atoms with E-state index in [1.54, 1.807) is 13.0 Å². The molecule has 15 heavy (non-hydrogen) atoms. The number of non-ortho nitro benzene ring substituents is 1. The minimum absolute atomic E-state index is 0.0347. The van der Waals surface area contributed by atoms with Gasteiger partial charge < -0.3 is 4.42 Å². The average molecular weight is 205 g/mol. The monoisotopic (exact) mass is 205 g/mol. The molecular formula is C10H7NO4. The Morgan fingerprint density at radius 1 is 1.33 bits per heavy atom. The van der Waals surface area contributed by atoms with Gasteiger partial charge in [-0.05, 0) is 24.4 Å². The van der Waals surface area contributed by atoms with Crippen LogP contribution in [0, 0.1) is 17.0 Å². The molecule has 0 atom stereocenters. The van der Waals surface area contributed by atoms with E-state index in [-0.39, 0.29) is 5.69 Å². The van der Waals surface area contributed by atoms with Crippen LogP contribution < -0.4 is 5.63 Å². The highest BCUT2D eigenvalue weighted by molar-refractivity contribution is 5.83. The standard InChI is InChI=1S/C10H7NO4/c1-6-4-7-5-8(11(13)14)2-3-9(7)10(12)15-6/h2-5H,1H3. The van der Waals surface area contributed by atoms with E-state index in [9.17, 15) is 14.9 Å². The van der Waals surface area contributed by atoms with Gasteiger partial charge in [-0.1, -0.05) is 0 Å². The Hall–Kier alpha value is -2.17. The smallest absolute Gasteiger partial charge is 0.343 e. The van der Waals surface area contributed by atoms with E-state index < -0.39 is 10.5 Å². The van der Waals surface area contributed by atoms with Crippen LogP contribution in [0.3, 0.4) is 0 Å². The van der Waals surface area contributed by atoms with Crippen LogP contribution in [0.2, 0.25) is 0 Å². The molecule has 0 aliphatic rings. The quantitative estimate of drug-likeness (QED) is 0.527. The van der Waals surface area contributed by atoms with Crippen LogP contribution in [0.4, 0.5) is 5.69 Å². The van der Waals surface area contributed by atoms with Crippen molar-refractivity contribution < 1.29 is 9.34 Å². The Bertz CT molecular complexity index is 600. The lowest BCUT2D eigenvalue weighted by Gasteiger charge is -1.97. The van der Waals surface area contributed by atoms with Gasteiger partial charge in [0.15, 0.2) is 0 Å². The van der Waals surface area contributed by atoms with Crippen molar-refractivity contribution >= 4 is 16.5 Å². The third-order valence-electron chi connectivity index (χ3n) is 2.08. The molecule has 2 aromatic rings. The van der Waals surface area contributed by atoms with Crippen LogP contribution in [0.15, 0.2) is 33.5 Å². The maximum Gasteiger partial charge on any atom is 0.343 e. The maximum absolute atomic E-state index is 11.3. The second-order valence-electron chi connectivity index (χ2n) is 3.17. The summed E-state index contributed by atoms with van der Waals surface area (Å²) in [6.45, 7) is 1.62. The number of fused-ring (bicyclic) bond motifs is 1. The molecule has 0 saturated carbocycles. The first kappa shape index (κ1) is 9.39. The second-order valence-corrected chi connectivity index (χ2v) is 3.17. The van der Waals surface area contributed by atoms with Crippen molar-refractivity contribution in [3.63, 3.8) is 0 Å². The van der Waals surface area contributed by atoms with Gasteiger partial charge in [-0.3, -0.25) is 10.1 Å². The molecular weight excluding hydrogens is 198 g/mol. The first-order valence-corrected chi connectivity index (χ1v) is 4.27. The van der Waals surface area contributed by atoms with Crippen molar-refractivity contribution in [1.82, 2.24) is 0 Å². The average Bonchev–Trinajstić information content (AvgIpc) is 2.16. The number of benzene rings is 1. The van der Waals surface area contributed by atoms with Gasteiger partial charge in [-0.15, -0.1) is 0 Å². The number of aryl methyl sites for hydroxylation is 1. The number of nitro benzene ring substituents is 1. The molecule has 0 aliphatic heterocycles. The summed E-state index contributed by atoms with van der Waals surface area (Å²) >= 11 is 0. The maximum atomic E-state index is 11.3. The highest BCUT2D eigenvalue weighted by atomic mass is 16.6. The topological polar surface area (TPSA) is 73.3 Å². The van der Waals surface area contributed by atoms with Crippen molar-refractivity contribution in [2.75, 3.05) is 0 Å². The van der Waals surface area contributed by atoms with Gasteiger partial charge in [0.25, 0.3) is 5.69 Å². The van der Waals surface area contributed by atoms with Gasteiger partial charge in [-0.25, -0.2) is 4.79 Å². The molecule has 0 amide bonds. The lowest BCUT2D eigenvalue weighted by Crippen LogP contribution is -2.00. The van der Waals surface area contributed by atoms with E-state index in [0.29, 0.717) is 16.5 Å². The predicted octanol–water partition coefficient (Wildman–Crippen LogP) is 2.01. The second kappa shape index (κ2) is 3.20. The number of hydrogen-bond donors (Lipinski definition) is 0. The normalized spacial score (nSPS) is 10.5. The summed E-state index contributed by atoms with van der Waals surface area (Å²) in [4.78, 5) is 21.4. The number of rotatable bonds is 1. The van der Waals surface area contributed by atoms with Gasteiger partial charge in [0.2, 0.25) is 0 Å². The Morgan fingerprint density at radius 3 is 2.73 bits per heavy atom. The molecule has 0 radical (unpaired) electrons. The van der Waals surface area contributed by atoms with E-state index in [0.717, 1.165) is 0 Å². The Kier molecular flexibility index (Phi) is 2.00. The minimum Gasteiger partial charge on any atom is -0.428 e. The first-order valence-electron chi connectivity index (χ1n) is 4.27. The summed E-state index contributed by atoms with van der Waals surface area (Å²) in [5, 5.41) is 11.4. The summed E-state index contributed by atoms with van der Waals surface area (Å²) in [5.74, 6) is 0.438. The summed E-state index contributed by atoms with van der Waals surface area (Å²) in [6, 6.07) is 5.65. The fraction of sp³-hybridized carbons (Fsp3) is 0.100. The van der Waals surface area contributed by atoms with Crippen molar-refractivity contribution in [1.29, 1.82) is 0 Å². The molecule has 0 unspecified atom stereocenters. The molecule has 5 heteroatoms. The Balaban J connectivity index is 2.82. The van der Waals surface area contributed by atoms with Crippen molar-refractivity contribution in [2.24, 2.45) is 0 Å². The van der Waals surface area contributed by atoms with E-state index in [4.69, 9.17) is 4.42 Å². The SMILES string of the molecule is Cc1cc2cc([N+](=O)[O-])ccc2c(=O)o1. The highest BCUT2D eigenvalue weighted by Gasteiger charge is 2.08. The van der Waals surface area contributed by atoms with Gasteiger partial charge >= 0.3 is 5.63 Å². The van der Waals surface area contributed by atoms with Crippen LogP contribution >= 0.6 is 0 Å². The molecule has 1 aromatic heterocycles. The number of hydrogen-bond acceptors (Lipinski definition) is 4. The fourth-order valence-electron chi connectivity index (χ4n) is 1.42. The third-order valence-corrected chi connectivity index (χ3v) is 2.08. The predicted molar refractivity (Wildman–Crippen MR) is 53.9 cm³/mol. The van der Waals surface area contributed by atoms with Gasteiger partial charge in [0, 0.05) is 12.1 Å². The zero-order valence-electron chi connectivity index (χ0n) is 7.89. The minimum atomic E-state index is -0.497. The summed E-state index contributed by atoms with van der Waals surface area (Å²) < 4.78 is 4.87. The summed E-state index contributed by atoms with van der Waals surface area (Å²) in [6.07, 6.45) is 0. The number of nitrogens with zero attached hydrogens (tertiary/aromatic N) is 1. The first-order chi connectivity index (χ1) is 7.08. The molecule has 0 fully saturated rings. The summed E-state index contributed by atoms with van der Waals surface area (Å²) in [7, 11) is 0. The largest absolute Gasteiger partial charge is 0.428 e. The molecule has 76 valence electrons. The molecule has 0 spiro atoms. The van der Waals surface area contributed by atoms with Crippen molar-refractivity contribution in [3.05, 3.63) is 50.6 Å². The molecule has 1 aromatic carbocycles. The van der Waals surface area contributed by atoms with Gasteiger partial charge in [0.05, 0.1) is 10.3 Å². The summed E-state index contributed by atoms with van der Waals surface area (Å²) in [5.41, 5.74) is -0.507. The lowest BCUT2D eigenvalue weighted by atomic mass is 10.1. The van der Waals surface area contributed by atoms with Crippen molar-refractivity contribution in [3.8, 4) is 0 Å². The van der Waals surface area contributed by atoms with E-state index in [2.05, 4.69) is 0 Å². The third kappa shape index (κ3) is 1.59. The lowest BCUT2D eigenvalue weighted by molar-refractivity contribution is -0.384.